The Labute approximate surface area is 145 Å². The molecule has 0 radical (unpaired) electrons. The molecule has 0 bridgehead atoms. The Morgan fingerprint density at radius 1 is 1.17 bits per heavy atom. The van der Waals surface area contributed by atoms with Crippen LogP contribution in [0.2, 0.25) is 0 Å². The average Bonchev–Trinajstić information content (AvgIpc) is 3.02. The molecule has 1 aliphatic rings. The molecule has 24 heavy (non-hydrogen) atoms. The van der Waals surface area contributed by atoms with Gasteiger partial charge in [-0.3, -0.25) is 0 Å². The van der Waals surface area contributed by atoms with Crippen LogP contribution in [0.3, 0.4) is 0 Å². The number of hydrogen-bond donors (Lipinski definition) is 0. The molecule has 5 rings (SSSR count). The molecule has 0 spiro atoms. The van der Waals surface area contributed by atoms with Gasteiger partial charge in [-0.1, -0.05) is 15.9 Å². The molecule has 0 saturated carbocycles. The third-order valence-corrected chi connectivity index (χ3v) is 4.60. The van der Waals surface area contributed by atoms with Gasteiger partial charge in [-0.15, -0.1) is 0 Å². The fourth-order valence-corrected chi connectivity index (χ4v) is 3.60. The number of aryl methyl sites for hydroxylation is 2. The zero-order valence-corrected chi connectivity index (χ0v) is 14.5. The Morgan fingerprint density at radius 3 is 3.00 bits per heavy atom. The first kappa shape index (κ1) is 14.0. The fourth-order valence-electron chi connectivity index (χ4n) is 3.18. The molecule has 0 aliphatic carbocycles. The third-order valence-electron chi connectivity index (χ3n) is 4.14. The van der Waals surface area contributed by atoms with Gasteiger partial charge in [0, 0.05) is 17.9 Å². The quantitative estimate of drug-likeness (QED) is 0.494. The van der Waals surface area contributed by atoms with E-state index in [4.69, 9.17) is 14.1 Å². The van der Waals surface area contributed by atoms with Gasteiger partial charge in [0.05, 0.1) is 12.1 Å². The van der Waals surface area contributed by atoms with Crippen LogP contribution in [0.4, 0.5) is 0 Å². The highest BCUT2D eigenvalue weighted by Gasteiger charge is 2.21. The number of oxazole rings is 1. The summed E-state index contributed by atoms with van der Waals surface area (Å²) >= 11 is 3.53. The zero-order chi connectivity index (χ0) is 16.3. The minimum Gasteiger partial charge on any atom is -0.491 e. The number of hydrogen-bond acceptors (Lipinski definition) is 5. The van der Waals surface area contributed by atoms with E-state index in [1.54, 1.807) is 0 Å². The normalized spacial score (nSPS) is 14.1. The van der Waals surface area contributed by atoms with Gasteiger partial charge in [0.2, 0.25) is 0 Å². The van der Waals surface area contributed by atoms with E-state index < -0.39 is 0 Å². The van der Waals surface area contributed by atoms with Crippen molar-refractivity contribution in [3.63, 3.8) is 0 Å². The number of halogens is 1. The van der Waals surface area contributed by atoms with Gasteiger partial charge in [-0.25, -0.2) is 9.97 Å². The second-order valence-electron chi connectivity index (χ2n) is 5.81. The zero-order valence-electron chi connectivity index (χ0n) is 12.9. The van der Waals surface area contributed by atoms with Gasteiger partial charge in [-0.05, 0) is 30.7 Å². The summed E-state index contributed by atoms with van der Waals surface area (Å²) < 4.78 is 14.5. The van der Waals surface area contributed by atoms with Crippen LogP contribution in [0, 0.1) is 6.92 Å². The first-order valence-corrected chi connectivity index (χ1v) is 8.55. The summed E-state index contributed by atoms with van der Waals surface area (Å²) in [5.74, 6) is 2.30. The summed E-state index contributed by atoms with van der Waals surface area (Å²) in [7, 11) is 0. The van der Waals surface area contributed by atoms with Crippen molar-refractivity contribution in [1.29, 1.82) is 0 Å². The Kier molecular flexibility index (Phi) is 2.94. The van der Waals surface area contributed by atoms with Crippen molar-refractivity contribution in [2.24, 2.45) is 0 Å². The predicted molar refractivity (Wildman–Crippen MR) is 93.1 cm³/mol. The van der Waals surface area contributed by atoms with Crippen molar-refractivity contribution in [3.05, 3.63) is 34.6 Å². The molecule has 120 valence electrons. The van der Waals surface area contributed by atoms with Gasteiger partial charge in [-0.2, -0.15) is 4.98 Å². The van der Waals surface area contributed by atoms with Gasteiger partial charge >= 0.3 is 0 Å². The molecular weight excluding hydrogens is 372 g/mol. The third kappa shape index (κ3) is 2.04. The number of fused-ring (bicyclic) bond motifs is 1. The Balaban J connectivity index is 1.79. The van der Waals surface area contributed by atoms with Crippen LogP contribution in [0.1, 0.15) is 12.3 Å². The van der Waals surface area contributed by atoms with Crippen LogP contribution in [0.5, 0.6) is 5.75 Å². The summed E-state index contributed by atoms with van der Waals surface area (Å²) in [6, 6.07) is 7.83. The van der Waals surface area contributed by atoms with Crippen LogP contribution >= 0.6 is 15.9 Å². The van der Waals surface area contributed by atoms with Crippen molar-refractivity contribution in [2.75, 3.05) is 6.61 Å². The summed E-state index contributed by atoms with van der Waals surface area (Å²) in [5.41, 5.74) is 4.00. The maximum Gasteiger partial charge on any atom is 0.199 e. The maximum atomic E-state index is 5.89. The van der Waals surface area contributed by atoms with Crippen molar-refractivity contribution >= 4 is 38.2 Å². The highest BCUT2D eigenvalue weighted by atomic mass is 79.9. The average molecular weight is 385 g/mol. The molecule has 0 unspecified atom stereocenters. The highest BCUT2D eigenvalue weighted by Crippen LogP contribution is 2.35. The molecule has 4 heterocycles. The van der Waals surface area contributed by atoms with Crippen molar-refractivity contribution in [3.8, 4) is 17.3 Å². The molecule has 0 saturated heterocycles. The molecule has 6 nitrogen and oxygen atoms in total. The van der Waals surface area contributed by atoms with Crippen molar-refractivity contribution < 1.29 is 9.15 Å². The summed E-state index contributed by atoms with van der Waals surface area (Å²) in [6.45, 7) is 3.36. The molecule has 1 aliphatic heterocycles. The van der Waals surface area contributed by atoms with Gasteiger partial charge in [0.1, 0.15) is 17.0 Å². The molecule has 4 aromatic rings. The number of benzene rings is 1. The number of ether oxygens (including phenoxy) is 1. The second kappa shape index (κ2) is 5.04. The van der Waals surface area contributed by atoms with Gasteiger partial charge in [0.15, 0.2) is 22.9 Å². The van der Waals surface area contributed by atoms with Gasteiger partial charge in [0.25, 0.3) is 0 Å². The number of pyridine rings is 1. The molecule has 0 N–H and O–H groups in total. The predicted octanol–water partition coefficient (Wildman–Crippen LogP) is 4.09. The summed E-state index contributed by atoms with van der Waals surface area (Å²) in [6.07, 6.45) is 0.927. The minimum absolute atomic E-state index is 0.608. The SMILES string of the molecule is Cc1nc2nc(-c3nc4cc(Br)cc5c4n3CCCO5)ccc2o1. The molecule has 0 fully saturated rings. The van der Waals surface area contributed by atoms with Crippen LogP contribution < -0.4 is 4.74 Å². The van der Waals surface area contributed by atoms with Crippen LogP contribution in [0.15, 0.2) is 33.2 Å². The highest BCUT2D eigenvalue weighted by molar-refractivity contribution is 9.10. The number of rotatable bonds is 1. The van der Waals surface area contributed by atoms with Crippen LogP contribution in [0.25, 0.3) is 33.8 Å². The van der Waals surface area contributed by atoms with E-state index in [2.05, 4.69) is 30.5 Å². The van der Waals surface area contributed by atoms with E-state index in [9.17, 15) is 0 Å². The smallest absolute Gasteiger partial charge is 0.199 e. The largest absolute Gasteiger partial charge is 0.491 e. The minimum atomic E-state index is 0.608. The first-order chi connectivity index (χ1) is 11.7. The summed E-state index contributed by atoms with van der Waals surface area (Å²) in [4.78, 5) is 13.8. The standard InChI is InChI=1S/C17H13BrN4O2/c1-9-19-16-13(24-9)4-3-11(20-16)17-21-12-7-10(18)8-14-15(12)22(17)5-2-6-23-14/h3-4,7-8H,2,5-6H2,1H3. The van der Waals surface area contributed by atoms with E-state index in [0.29, 0.717) is 23.7 Å². The van der Waals surface area contributed by atoms with Gasteiger partial charge < -0.3 is 13.7 Å². The molecule has 1 aromatic carbocycles. The molecule has 0 amide bonds. The lowest BCUT2D eigenvalue weighted by molar-refractivity contribution is 0.315. The van der Waals surface area contributed by atoms with Crippen molar-refractivity contribution in [2.45, 2.75) is 19.9 Å². The number of nitrogens with zero attached hydrogens (tertiary/aromatic N) is 4. The monoisotopic (exact) mass is 384 g/mol. The lowest BCUT2D eigenvalue weighted by Gasteiger charge is -2.06. The second-order valence-corrected chi connectivity index (χ2v) is 6.73. The van der Waals surface area contributed by atoms with Crippen LogP contribution in [-0.2, 0) is 6.54 Å². The molecule has 3 aromatic heterocycles. The Morgan fingerprint density at radius 2 is 2.08 bits per heavy atom. The van der Waals surface area contributed by atoms with E-state index in [1.807, 2.05) is 31.2 Å². The lowest BCUT2D eigenvalue weighted by Crippen LogP contribution is -2.02. The lowest BCUT2D eigenvalue weighted by atomic mass is 10.3. The van der Waals surface area contributed by atoms with E-state index in [0.717, 1.165) is 45.7 Å². The van der Waals surface area contributed by atoms with E-state index in [1.165, 1.54) is 0 Å². The molecule has 0 atom stereocenters. The van der Waals surface area contributed by atoms with E-state index in [-0.39, 0.29) is 0 Å². The molecular formula is C17H13BrN4O2. The fraction of sp³-hybridized carbons (Fsp3) is 0.235. The maximum absolute atomic E-state index is 5.89. The van der Waals surface area contributed by atoms with E-state index >= 15 is 0 Å². The topological polar surface area (TPSA) is 66.0 Å². The Hall–Kier alpha value is -2.41. The Bertz CT molecular complexity index is 1100. The number of imidazole rings is 1. The first-order valence-electron chi connectivity index (χ1n) is 7.76. The summed E-state index contributed by atoms with van der Waals surface area (Å²) in [5, 5.41) is 0. The number of aromatic nitrogens is 4. The molecule has 7 heteroatoms. The van der Waals surface area contributed by atoms with Crippen molar-refractivity contribution in [1.82, 2.24) is 19.5 Å². The van der Waals surface area contributed by atoms with Crippen LogP contribution in [-0.4, -0.2) is 26.1 Å².